The Labute approximate surface area is 113 Å². The fourth-order valence-corrected chi connectivity index (χ4v) is 3.67. The van der Waals surface area contributed by atoms with Crippen molar-refractivity contribution in [2.24, 2.45) is 0 Å². The lowest BCUT2D eigenvalue weighted by molar-refractivity contribution is 0.591. The number of hydrogen-bond donors (Lipinski definition) is 0. The lowest BCUT2D eigenvalue weighted by atomic mass is 10.2. The van der Waals surface area contributed by atoms with Crippen LogP contribution in [-0.2, 0) is 10.0 Å². The Balaban J connectivity index is 2.52. The highest BCUT2D eigenvalue weighted by atomic mass is 32.2. The SMILES string of the molecule is CCN(c1ccncc1)S(=O)(=O)c1ccccc1C. The Morgan fingerprint density at radius 1 is 1.11 bits per heavy atom. The Hall–Kier alpha value is -1.88. The molecule has 0 atom stereocenters. The molecule has 0 spiro atoms. The molecule has 0 aliphatic heterocycles. The largest absolute Gasteiger partial charge is 0.266 e. The summed E-state index contributed by atoms with van der Waals surface area (Å²) in [4.78, 5) is 4.25. The molecule has 0 aliphatic rings. The van der Waals surface area contributed by atoms with Crippen molar-refractivity contribution in [3.63, 3.8) is 0 Å². The van der Waals surface area contributed by atoms with E-state index in [-0.39, 0.29) is 0 Å². The van der Waals surface area contributed by atoms with E-state index >= 15 is 0 Å². The maximum absolute atomic E-state index is 12.7. The van der Waals surface area contributed by atoms with E-state index in [4.69, 9.17) is 0 Å². The summed E-state index contributed by atoms with van der Waals surface area (Å²) in [7, 11) is -3.53. The van der Waals surface area contributed by atoms with Crippen molar-refractivity contribution < 1.29 is 8.42 Å². The van der Waals surface area contributed by atoms with Gasteiger partial charge >= 0.3 is 0 Å². The average molecular weight is 276 g/mol. The first-order chi connectivity index (χ1) is 9.07. The molecule has 0 saturated carbocycles. The molecule has 0 amide bonds. The predicted molar refractivity (Wildman–Crippen MR) is 75.6 cm³/mol. The van der Waals surface area contributed by atoms with Gasteiger partial charge < -0.3 is 0 Å². The molecule has 1 aromatic carbocycles. The number of aromatic nitrogens is 1. The molecular weight excluding hydrogens is 260 g/mol. The van der Waals surface area contributed by atoms with Gasteiger partial charge in [0.1, 0.15) is 0 Å². The number of aryl methyl sites for hydroxylation is 1. The van der Waals surface area contributed by atoms with Gasteiger partial charge in [0.15, 0.2) is 0 Å². The first kappa shape index (κ1) is 13.5. The van der Waals surface area contributed by atoms with Gasteiger partial charge in [-0.1, -0.05) is 18.2 Å². The van der Waals surface area contributed by atoms with Crippen LogP contribution in [0.4, 0.5) is 5.69 Å². The van der Waals surface area contributed by atoms with Crippen molar-refractivity contribution in [2.75, 3.05) is 10.8 Å². The fraction of sp³-hybridized carbons (Fsp3) is 0.214. The molecule has 0 radical (unpaired) electrons. The first-order valence-electron chi connectivity index (χ1n) is 6.05. The minimum atomic E-state index is -3.53. The number of pyridine rings is 1. The second kappa shape index (κ2) is 5.40. The van der Waals surface area contributed by atoms with Crippen molar-refractivity contribution in [3.8, 4) is 0 Å². The number of anilines is 1. The zero-order valence-electron chi connectivity index (χ0n) is 10.9. The van der Waals surface area contributed by atoms with Crippen LogP contribution in [0.15, 0.2) is 53.7 Å². The Morgan fingerprint density at radius 3 is 2.32 bits per heavy atom. The summed E-state index contributed by atoms with van der Waals surface area (Å²) >= 11 is 0. The second-order valence-corrected chi connectivity index (χ2v) is 5.97. The van der Waals surface area contributed by atoms with Crippen molar-refractivity contribution >= 4 is 15.7 Å². The van der Waals surface area contributed by atoms with Crippen molar-refractivity contribution in [3.05, 3.63) is 54.4 Å². The summed E-state index contributed by atoms with van der Waals surface area (Å²) in [5.41, 5.74) is 1.37. The highest BCUT2D eigenvalue weighted by Gasteiger charge is 2.24. The van der Waals surface area contributed by atoms with Gasteiger partial charge in [-0.15, -0.1) is 0 Å². The van der Waals surface area contributed by atoms with Gasteiger partial charge in [-0.25, -0.2) is 8.42 Å². The van der Waals surface area contributed by atoms with E-state index in [1.165, 1.54) is 4.31 Å². The zero-order valence-corrected chi connectivity index (χ0v) is 11.8. The maximum Gasteiger partial charge on any atom is 0.264 e. The molecule has 1 aromatic heterocycles. The van der Waals surface area contributed by atoms with E-state index in [2.05, 4.69) is 4.98 Å². The van der Waals surface area contributed by atoms with E-state index in [1.54, 1.807) is 49.6 Å². The lowest BCUT2D eigenvalue weighted by Gasteiger charge is -2.23. The van der Waals surface area contributed by atoms with E-state index in [1.807, 2.05) is 13.0 Å². The van der Waals surface area contributed by atoms with Crippen LogP contribution in [0, 0.1) is 6.92 Å². The third kappa shape index (κ3) is 2.61. The Kier molecular flexibility index (Phi) is 3.85. The highest BCUT2D eigenvalue weighted by molar-refractivity contribution is 7.92. The molecule has 0 N–H and O–H groups in total. The zero-order chi connectivity index (χ0) is 13.9. The summed E-state index contributed by atoms with van der Waals surface area (Å²) in [6, 6.07) is 10.4. The van der Waals surface area contributed by atoms with Gasteiger partial charge in [0.2, 0.25) is 0 Å². The Morgan fingerprint density at radius 2 is 1.74 bits per heavy atom. The van der Waals surface area contributed by atoms with Gasteiger partial charge in [-0.2, -0.15) is 0 Å². The van der Waals surface area contributed by atoms with Gasteiger partial charge in [0.05, 0.1) is 10.6 Å². The van der Waals surface area contributed by atoms with E-state index < -0.39 is 10.0 Å². The summed E-state index contributed by atoms with van der Waals surface area (Å²) in [5, 5.41) is 0. The highest BCUT2D eigenvalue weighted by Crippen LogP contribution is 2.24. The van der Waals surface area contributed by atoms with Gasteiger partial charge in [0.25, 0.3) is 10.0 Å². The first-order valence-corrected chi connectivity index (χ1v) is 7.49. The monoisotopic (exact) mass is 276 g/mol. The van der Waals surface area contributed by atoms with Gasteiger partial charge in [0, 0.05) is 18.9 Å². The molecule has 0 aliphatic carbocycles. The lowest BCUT2D eigenvalue weighted by Crippen LogP contribution is -2.31. The summed E-state index contributed by atoms with van der Waals surface area (Å²) in [6.45, 7) is 3.99. The quantitative estimate of drug-likeness (QED) is 0.862. The number of rotatable bonds is 4. The molecule has 2 aromatic rings. The molecule has 2 rings (SSSR count). The van der Waals surface area contributed by atoms with Crippen LogP contribution in [0.3, 0.4) is 0 Å². The van der Waals surface area contributed by atoms with Crippen LogP contribution in [0.25, 0.3) is 0 Å². The molecule has 0 saturated heterocycles. The number of sulfonamides is 1. The van der Waals surface area contributed by atoms with Crippen LogP contribution in [0.2, 0.25) is 0 Å². The number of hydrogen-bond acceptors (Lipinski definition) is 3. The van der Waals surface area contributed by atoms with Gasteiger partial charge in [-0.05, 0) is 37.6 Å². The third-order valence-corrected chi connectivity index (χ3v) is 4.96. The molecule has 5 heteroatoms. The minimum absolute atomic E-state index is 0.341. The van der Waals surface area contributed by atoms with Crippen LogP contribution in [0.5, 0.6) is 0 Å². The maximum atomic E-state index is 12.7. The molecule has 1 heterocycles. The normalized spacial score (nSPS) is 11.3. The number of benzene rings is 1. The van der Waals surface area contributed by atoms with E-state index in [0.29, 0.717) is 17.1 Å². The molecule has 0 fully saturated rings. The van der Waals surface area contributed by atoms with Crippen molar-refractivity contribution in [1.82, 2.24) is 4.98 Å². The van der Waals surface area contributed by atoms with E-state index in [0.717, 1.165) is 5.56 Å². The second-order valence-electron chi connectivity index (χ2n) is 4.14. The standard InChI is InChI=1S/C14H16N2O2S/c1-3-16(13-8-10-15-11-9-13)19(17,18)14-7-5-4-6-12(14)2/h4-11H,3H2,1-2H3. The molecular formula is C14H16N2O2S. The molecule has 0 unspecified atom stereocenters. The van der Waals surface area contributed by atoms with Crippen molar-refractivity contribution in [1.29, 1.82) is 0 Å². The molecule has 0 bridgehead atoms. The van der Waals surface area contributed by atoms with Crippen LogP contribution >= 0.6 is 0 Å². The summed E-state index contributed by atoms with van der Waals surface area (Å²) in [5.74, 6) is 0. The number of nitrogens with zero attached hydrogens (tertiary/aromatic N) is 2. The third-order valence-electron chi connectivity index (χ3n) is 2.90. The van der Waals surface area contributed by atoms with Crippen LogP contribution in [0.1, 0.15) is 12.5 Å². The molecule has 19 heavy (non-hydrogen) atoms. The van der Waals surface area contributed by atoms with Crippen LogP contribution in [-0.4, -0.2) is 19.9 Å². The molecule has 4 nitrogen and oxygen atoms in total. The van der Waals surface area contributed by atoms with Crippen molar-refractivity contribution in [2.45, 2.75) is 18.7 Å². The van der Waals surface area contributed by atoms with E-state index in [9.17, 15) is 8.42 Å². The Bertz CT molecular complexity index is 654. The topological polar surface area (TPSA) is 50.3 Å². The average Bonchev–Trinajstić information content (AvgIpc) is 2.40. The van der Waals surface area contributed by atoms with Gasteiger partial charge in [-0.3, -0.25) is 9.29 Å². The smallest absolute Gasteiger partial charge is 0.264 e. The summed E-state index contributed by atoms with van der Waals surface area (Å²) < 4.78 is 26.8. The van der Waals surface area contributed by atoms with Crippen LogP contribution < -0.4 is 4.31 Å². The summed E-state index contributed by atoms with van der Waals surface area (Å²) in [6.07, 6.45) is 3.18. The molecule has 100 valence electrons. The minimum Gasteiger partial charge on any atom is -0.266 e. The predicted octanol–water partition coefficient (Wildman–Crippen LogP) is 2.61. The fourth-order valence-electron chi connectivity index (χ4n) is 1.97.